The van der Waals surface area contributed by atoms with Crippen LogP contribution < -0.4 is 10.5 Å². The smallest absolute Gasteiger partial charge is 0.422 e. The number of nitriles is 1. The van der Waals surface area contributed by atoms with E-state index in [0.29, 0.717) is 29.8 Å². The molecule has 2 bridgehead atoms. The number of hydrogen-bond acceptors (Lipinski definition) is 4. The van der Waals surface area contributed by atoms with E-state index in [9.17, 15) is 17.6 Å². The highest BCUT2D eigenvalue weighted by molar-refractivity contribution is 5.72. The number of hydrogen-bond donors (Lipinski definition) is 1. The predicted molar refractivity (Wildman–Crippen MR) is 103 cm³/mol. The Morgan fingerprint density at radius 2 is 1.97 bits per heavy atom. The van der Waals surface area contributed by atoms with Crippen LogP contribution in [0, 0.1) is 17.1 Å². The summed E-state index contributed by atoms with van der Waals surface area (Å²) in [5, 5.41) is 8.93. The minimum absolute atomic E-state index is 0.0151. The van der Waals surface area contributed by atoms with Gasteiger partial charge in [0.05, 0.1) is 5.56 Å². The predicted octanol–water partition coefficient (Wildman–Crippen LogP) is 4.37. The Morgan fingerprint density at radius 1 is 1.17 bits per heavy atom. The lowest BCUT2D eigenvalue weighted by molar-refractivity contribution is -0.153. The van der Waals surface area contributed by atoms with Crippen LogP contribution in [0.1, 0.15) is 30.4 Å². The SMILES string of the molecule is N#Cc1ccc(-c2cc(CN3[C@H]4CC[C@@H]3C(N)C4)ccc2OCC(F)(F)F)cc1F. The fourth-order valence-electron chi connectivity index (χ4n) is 4.57. The summed E-state index contributed by atoms with van der Waals surface area (Å²) in [6, 6.07) is 11.5. The zero-order chi connectivity index (χ0) is 21.5. The van der Waals surface area contributed by atoms with E-state index in [-0.39, 0.29) is 17.4 Å². The van der Waals surface area contributed by atoms with Crippen LogP contribution in [0.25, 0.3) is 11.1 Å². The van der Waals surface area contributed by atoms with Crippen LogP contribution in [0.3, 0.4) is 0 Å². The van der Waals surface area contributed by atoms with Gasteiger partial charge in [-0.05, 0) is 54.7 Å². The van der Waals surface area contributed by atoms with E-state index in [2.05, 4.69) is 4.90 Å². The number of rotatable bonds is 5. The molecule has 1 unspecified atom stereocenters. The van der Waals surface area contributed by atoms with E-state index >= 15 is 0 Å². The van der Waals surface area contributed by atoms with E-state index < -0.39 is 18.6 Å². The largest absolute Gasteiger partial charge is 0.483 e. The highest BCUT2D eigenvalue weighted by atomic mass is 19.4. The number of nitrogens with two attached hydrogens (primary N) is 1. The van der Waals surface area contributed by atoms with Gasteiger partial charge in [0, 0.05) is 30.2 Å². The van der Waals surface area contributed by atoms with Gasteiger partial charge in [0.2, 0.25) is 0 Å². The van der Waals surface area contributed by atoms with Gasteiger partial charge in [-0.15, -0.1) is 0 Å². The van der Waals surface area contributed by atoms with Gasteiger partial charge in [-0.25, -0.2) is 4.39 Å². The maximum atomic E-state index is 14.2. The lowest BCUT2D eigenvalue weighted by Gasteiger charge is -2.23. The minimum Gasteiger partial charge on any atom is -0.483 e. The minimum atomic E-state index is -4.49. The third kappa shape index (κ3) is 4.13. The summed E-state index contributed by atoms with van der Waals surface area (Å²) in [6.07, 6.45) is -1.40. The van der Waals surface area contributed by atoms with Crippen molar-refractivity contribution < 1.29 is 22.3 Å². The van der Waals surface area contributed by atoms with Crippen molar-refractivity contribution in [1.82, 2.24) is 4.90 Å². The molecule has 0 amide bonds. The Hall–Kier alpha value is -2.63. The van der Waals surface area contributed by atoms with Gasteiger partial charge >= 0.3 is 6.18 Å². The first-order chi connectivity index (χ1) is 14.2. The lowest BCUT2D eigenvalue weighted by atomic mass is 9.96. The molecule has 2 N–H and O–H groups in total. The quantitative estimate of drug-likeness (QED) is 0.731. The molecule has 3 atom stereocenters. The molecule has 4 rings (SSSR count). The average molecular weight is 419 g/mol. The molecule has 8 heteroatoms. The van der Waals surface area contributed by atoms with Crippen molar-refractivity contribution >= 4 is 0 Å². The molecule has 2 fully saturated rings. The molecule has 30 heavy (non-hydrogen) atoms. The second-order valence-electron chi connectivity index (χ2n) is 7.91. The van der Waals surface area contributed by atoms with Crippen molar-refractivity contribution in [3.8, 4) is 22.9 Å². The monoisotopic (exact) mass is 419 g/mol. The molecular weight excluding hydrogens is 398 g/mol. The lowest BCUT2D eigenvalue weighted by Crippen LogP contribution is -2.36. The molecule has 0 saturated carbocycles. The first kappa shape index (κ1) is 20.6. The number of nitrogens with zero attached hydrogens (tertiary/aromatic N) is 2. The Labute approximate surface area is 171 Å². The van der Waals surface area contributed by atoms with E-state index in [1.165, 1.54) is 18.2 Å². The van der Waals surface area contributed by atoms with E-state index in [1.807, 2.05) is 0 Å². The van der Waals surface area contributed by atoms with Gasteiger partial charge in [-0.3, -0.25) is 4.90 Å². The molecule has 2 heterocycles. The topological polar surface area (TPSA) is 62.3 Å². The van der Waals surface area contributed by atoms with E-state index in [4.69, 9.17) is 15.7 Å². The van der Waals surface area contributed by atoms with Gasteiger partial charge in [0.15, 0.2) is 6.61 Å². The van der Waals surface area contributed by atoms with Crippen LogP contribution in [0.2, 0.25) is 0 Å². The summed E-state index contributed by atoms with van der Waals surface area (Å²) < 4.78 is 57.2. The molecular formula is C22H21F4N3O. The van der Waals surface area contributed by atoms with Crippen molar-refractivity contribution in [2.75, 3.05) is 6.61 Å². The summed E-state index contributed by atoms with van der Waals surface area (Å²) in [5.41, 5.74) is 7.67. The van der Waals surface area contributed by atoms with Gasteiger partial charge < -0.3 is 10.5 Å². The first-order valence-electron chi connectivity index (χ1n) is 9.79. The van der Waals surface area contributed by atoms with Crippen molar-refractivity contribution in [1.29, 1.82) is 5.26 Å². The van der Waals surface area contributed by atoms with Crippen LogP contribution in [0.4, 0.5) is 17.6 Å². The molecule has 2 saturated heterocycles. The second-order valence-corrected chi connectivity index (χ2v) is 7.91. The van der Waals surface area contributed by atoms with Crippen LogP contribution in [0.5, 0.6) is 5.75 Å². The fourth-order valence-corrected chi connectivity index (χ4v) is 4.57. The summed E-state index contributed by atoms with van der Waals surface area (Å²) in [6.45, 7) is -0.822. The summed E-state index contributed by atoms with van der Waals surface area (Å²) in [5.74, 6) is -0.716. The fraction of sp³-hybridized carbons (Fsp3) is 0.409. The molecule has 0 aromatic heterocycles. The molecule has 0 spiro atoms. The summed E-state index contributed by atoms with van der Waals surface area (Å²) in [4.78, 5) is 2.35. The van der Waals surface area contributed by atoms with Crippen molar-refractivity contribution in [3.05, 3.63) is 53.3 Å². The Bertz CT molecular complexity index is 985. The zero-order valence-electron chi connectivity index (χ0n) is 16.1. The third-order valence-electron chi connectivity index (χ3n) is 5.93. The van der Waals surface area contributed by atoms with Gasteiger partial charge in [0.25, 0.3) is 0 Å². The zero-order valence-corrected chi connectivity index (χ0v) is 16.1. The van der Waals surface area contributed by atoms with Gasteiger partial charge in [-0.1, -0.05) is 12.1 Å². The van der Waals surface area contributed by atoms with Crippen LogP contribution in [0.15, 0.2) is 36.4 Å². The number of alkyl halides is 3. The maximum Gasteiger partial charge on any atom is 0.422 e. The number of halogens is 4. The molecule has 0 aliphatic carbocycles. The van der Waals surface area contributed by atoms with Crippen LogP contribution >= 0.6 is 0 Å². The van der Waals surface area contributed by atoms with E-state index in [0.717, 1.165) is 30.9 Å². The molecule has 2 aromatic rings. The van der Waals surface area contributed by atoms with Crippen molar-refractivity contribution in [2.45, 2.75) is 50.1 Å². The van der Waals surface area contributed by atoms with Gasteiger partial charge in [-0.2, -0.15) is 18.4 Å². The standard InChI is InChI=1S/C22H21F4N3O/c23-18-8-14(2-3-15(18)10-27)17-7-13(1-6-21(17)30-12-22(24,25)26)11-29-16-4-5-20(29)19(28)9-16/h1-3,6-8,16,19-20H,4-5,9,11-12,28H2/t16-,19?,20+/m0/s1. The van der Waals surface area contributed by atoms with Crippen LogP contribution in [-0.4, -0.2) is 35.8 Å². The number of ether oxygens (including phenoxy) is 1. The summed E-state index contributed by atoms with van der Waals surface area (Å²) >= 11 is 0. The highest BCUT2D eigenvalue weighted by Gasteiger charge is 2.44. The highest BCUT2D eigenvalue weighted by Crippen LogP contribution is 2.39. The normalized spacial score (nSPS) is 23.5. The average Bonchev–Trinajstić information content (AvgIpc) is 3.21. The molecule has 2 aliphatic heterocycles. The Kier molecular flexibility index (Phi) is 5.43. The number of benzene rings is 2. The maximum absolute atomic E-state index is 14.2. The van der Waals surface area contributed by atoms with Crippen molar-refractivity contribution in [2.24, 2.45) is 5.73 Å². The molecule has 2 aliphatic rings. The Morgan fingerprint density at radius 3 is 2.57 bits per heavy atom. The summed E-state index contributed by atoms with van der Waals surface area (Å²) in [7, 11) is 0. The Balaban J connectivity index is 1.66. The third-order valence-corrected chi connectivity index (χ3v) is 5.93. The van der Waals surface area contributed by atoms with E-state index in [1.54, 1.807) is 18.2 Å². The molecule has 0 radical (unpaired) electrons. The molecule has 2 aromatic carbocycles. The second kappa shape index (κ2) is 7.89. The number of fused-ring (bicyclic) bond motifs is 2. The van der Waals surface area contributed by atoms with Crippen molar-refractivity contribution in [3.63, 3.8) is 0 Å². The first-order valence-corrected chi connectivity index (χ1v) is 9.79. The van der Waals surface area contributed by atoms with Crippen LogP contribution in [-0.2, 0) is 6.54 Å². The molecule has 158 valence electrons. The van der Waals surface area contributed by atoms with Gasteiger partial charge in [0.1, 0.15) is 17.6 Å². The molecule has 4 nitrogen and oxygen atoms in total.